The normalized spacial score (nSPS) is 19.8. The van der Waals surface area contributed by atoms with Gasteiger partial charge in [-0.3, -0.25) is 0 Å². The Morgan fingerprint density at radius 2 is 2.00 bits per heavy atom. The van der Waals surface area contributed by atoms with Crippen LogP contribution in [0, 0.1) is 0 Å². The number of ether oxygens (including phenoxy) is 1. The van der Waals surface area contributed by atoms with Crippen molar-refractivity contribution in [2.45, 2.75) is 37.3 Å². The molecule has 5 N–H and O–H groups in total. The molecule has 7 nitrogen and oxygen atoms in total. The first kappa shape index (κ1) is 15.9. The second-order valence-electron chi connectivity index (χ2n) is 3.52. The minimum atomic E-state index is -2.11. The largest absolute Gasteiger partial charge is 0.481 e. The molecule has 0 radical (unpaired) electrons. The van der Waals surface area contributed by atoms with Crippen LogP contribution >= 0.6 is 0 Å². The van der Waals surface area contributed by atoms with Gasteiger partial charge in [0, 0.05) is 0 Å². The molecule has 0 saturated heterocycles. The molecule has 4 atom stereocenters. The van der Waals surface area contributed by atoms with Gasteiger partial charge >= 0.3 is 5.97 Å². The van der Waals surface area contributed by atoms with Gasteiger partial charge in [0.2, 0.25) is 5.60 Å². The van der Waals surface area contributed by atoms with Crippen LogP contribution in [0.4, 0.5) is 0 Å². The molecule has 0 aromatic rings. The summed E-state index contributed by atoms with van der Waals surface area (Å²) in [6.07, 6.45) is -4.76. The van der Waals surface area contributed by atoms with Crippen LogP contribution in [0.25, 0.3) is 0 Å². The summed E-state index contributed by atoms with van der Waals surface area (Å²) >= 11 is 0. The zero-order chi connectivity index (χ0) is 13.6. The van der Waals surface area contributed by atoms with E-state index in [1.807, 2.05) is 0 Å². The van der Waals surface area contributed by atoms with Gasteiger partial charge in [0.05, 0.1) is 12.9 Å². The van der Waals surface area contributed by atoms with E-state index >= 15 is 0 Å². The molecule has 0 fully saturated rings. The third kappa shape index (κ3) is 3.16. The van der Waals surface area contributed by atoms with Crippen LogP contribution in [0.5, 0.6) is 0 Å². The van der Waals surface area contributed by atoms with Crippen molar-refractivity contribution in [1.82, 2.24) is 0 Å². The minimum absolute atomic E-state index is 0.162. The van der Waals surface area contributed by atoms with Gasteiger partial charge in [-0.2, -0.15) is 0 Å². The van der Waals surface area contributed by atoms with Gasteiger partial charge in [-0.1, -0.05) is 13.5 Å². The van der Waals surface area contributed by atoms with E-state index in [2.05, 4.69) is 6.58 Å². The Hall–Kier alpha value is -1.15. The molecule has 0 bridgehead atoms. The summed E-state index contributed by atoms with van der Waals surface area (Å²) in [5, 5.41) is 46.1. The van der Waals surface area contributed by atoms with Crippen molar-refractivity contribution >= 4 is 5.97 Å². The van der Waals surface area contributed by atoms with E-state index in [4.69, 9.17) is 14.9 Å². The highest BCUT2D eigenvalue weighted by Gasteiger charge is 2.50. The van der Waals surface area contributed by atoms with Crippen molar-refractivity contribution in [1.29, 1.82) is 0 Å². The van der Waals surface area contributed by atoms with E-state index in [1.165, 1.54) is 6.92 Å². The number of aliphatic hydroxyl groups excluding tert-OH is 4. The fraction of sp³-hybridized carbons (Fsp3) is 0.700. The van der Waals surface area contributed by atoms with Crippen LogP contribution in [0.2, 0.25) is 0 Å². The fourth-order valence-corrected chi connectivity index (χ4v) is 1.43. The highest BCUT2D eigenvalue weighted by molar-refractivity contribution is 5.78. The Kier molecular flexibility index (Phi) is 6.11. The second kappa shape index (κ2) is 6.55. The van der Waals surface area contributed by atoms with Crippen LogP contribution in [0.15, 0.2) is 12.8 Å². The number of hydrogen-bond acceptors (Lipinski definition) is 6. The Balaban J connectivity index is 5.16. The molecule has 0 aromatic heterocycles. The molecule has 0 amide bonds. The molecule has 0 heterocycles. The maximum atomic E-state index is 11.1. The first-order chi connectivity index (χ1) is 7.87. The van der Waals surface area contributed by atoms with E-state index < -0.39 is 36.5 Å². The molecule has 100 valence electrons. The predicted octanol–water partition coefficient (Wildman–Crippen LogP) is -1.55. The van der Waals surface area contributed by atoms with Gasteiger partial charge in [-0.25, -0.2) is 4.79 Å². The van der Waals surface area contributed by atoms with Crippen LogP contribution in [0.1, 0.15) is 13.3 Å². The molecule has 0 aliphatic carbocycles. The molecule has 0 aromatic carbocycles. The van der Waals surface area contributed by atoms with Crippen molar-refractivity contribution in [3.05, 3.63) is 12.8 Å². The van der Waals surface area contributed by atoms with Crippen LogP contribution < -0.4 is 0 Å². The Morgan fingerprint density at radius 1 is 1.47 bits per heavy atom. The number of carboxylic acids is 1. The summed E-state index contributed by atoms with van der Waals surface area (Å²) in [7, 11) is 0. The lowest BCUT2D eigenvalue weighted by Crippen LogP contribution is -2.58. The van der Waals surface area contributed by atoms with Gasteiger partial charge in [0.15, 0.2) is 0 Å². The number of hydrogen-bond donors (Lipinski definition) is 5. The molecule has 0 aliphatic heterocycles. The molecule has 0 spiro atoms. The summed E-state index contributed by atoms with van der Waals surface area (Å²) in [6.45, 7) is 3.81. The van der Waals surface area contributed by atoms with E-state index in [0.29, 0.717) is 0 Å². The number of carboxylic acid groups (broad SMARTS) is 1. The van der Waals surface area contributed by atoms with Crippen LogP contribution in [0.3, 0.4) is 0 Å². The number of aliphatic carboxylic acids is 1. The van der Waals surface area contributed by atoms with E-state index in [1.54, 1.807) is 0 Å². The van der Waals surface area contributed by atoms with E-state index in [9.17, 15) is 20.1 Å². The second-order valence-corrected chi connectivity index (χ2v) is 3.52. The molecule has 7 heteroatoms. The Labute approximate surface area is 98.6 Å². The monoisotopic (exact) mass is 250 g/mol. The average molecular weight is 250 g/mol. The van der Waals surface area contributed by atoms with Gasteiger partial charge in [-0.15, -0.1) is 0 Å². The summed E-state index contributed by atoms with van der Waals surface area (Å²) in [5.41, 5.74) is -2.11. The summed E-state index contributed by atoms with van der Waals surface area (Å²) in [6, 6.07) is 0. The predicted molar refractivity (Wildman–Crippen MR) is 57.0 cm³/mol. The summed E-state index contributed by atoms with van der Waals surface area (Å²) in [4.78, 5) is 11.1. The lowest BCUT2D eigenvalue weighted by molar-refractivity contribution is -0.193. The van der Waals surface area contributed by atoms with Crippen LogP contribution in [-0.2, 0) is 9.53 Å². The first-order valence-corrected chi connectivity index (χ1v) is 5.04. The van der Waals surface area contributed by atoms with E-state index in [0.717, 1.165) is 6.26 Å². The maximum Gasteiger partial charge on any atom is 0.350 e. The lowest BCUT2D eigenvalue weighted by atomic mass is 9.87. The molecular weight excluding hydrogens is 232 g/mol. The number of carbonyl (C=O) groups is 1. The Bertz CT molecular complexity index is 267. The number of aliphatic hydroxyl groups is 4. The minimum Gasteiger partial charge on any atom is -0.481 e. The molecular formula is C10H18O7. The molecule has 4 unspecified atom stereocenters. The third-order valence-electron chi connectivity index (χ3n) is 2.56. The average Bonchev–Trinajstić information content (AvgIpc) is 2.32. The van der Waals surface area contributed by atoms with Gasteiger partial charge in [-0.05, 0) is 6.42 Å². The third-order valence-corrected chi connectivity index (χ3v) is 2.56. The summed E-state index contributed by atoms with van der Waals surface area (Å²) in [5.74, 6) is -1.50. The lowest BCUT2D eigenvalue weighted by Gasteiger charge is -2.35. The number of rotatable bonds is 8. The van der Waals surface area contributed by atoms with Crippen LogP contribution in [-0.4, -0.2) is 62.0 Å². The zero-order valence-corrected chi connectivity index (χ0v) is 9.48. The molecule has 17 heavy (non-hydrogen) atoms. The van der Waals surface area contributed by atoms with Gasteiger partial charge in [0.25, 0.3) is 0 Å². The van der Waals surface area contributed by atoms with Crippen molar-refractivity contribution in [2.75, 3.05) is 6.61 Å². The SMILES string of the molecule is C=COC(CC)(C(=O)O)C(O)C(O)C(O)CO. The standard InChI is InChI=1S/C10H18O7/c1-3-10(9(15)16,17-4-2)8(14)7(13)6(12)5-11/h4,6-8,11-14H,2-3,5H2,1H3,(H,15,16). The summed E-state index contributed by atoms with van der Waals surface area (Å²) < 4.78 is 4.78. The highest BCUT2D eigenvalue weighted by Crippen LogP contribution is 2.25. The topological polar surface area (TPSA) is 127 Å². The first-order valence-electron chi connectivity index (χ1n) is 5.04. The van der Waals surface area contributed by atoms with Crippen molar-refractivity contribution in [2.24, 2.45) is 0 Å². The van der Waals surface area contributed by atoms with Crippen molar-refractivity contribution < 1.29 is 35.1 Å². The van der Waals surface area contributed by atoms with E-state index in [-0.39, 0.29) is 6.42 Å². The Morgan fingerprint density at radius 3 is 2.29 bits per heavy atom. The molecule has 0 rings (SSSR count). The highest BCUT2D eigenvalue weighted by atomic mass is 16.5. The molecule has 0 aliphatic rings. The van der Waals surface area contributed by atoms with Gasteiger partial charge in [0.1, 0.15) is 18.3 Å². The van der Waals surface area contributed by atoms with Crippen molar-refractivity contribution in [3.8, 4) is 0 Å². The molecule has 0 saturated carbocycles. The zero-order valence-electron chi connectivity index (χ0n) is 9.48. The maximum absolute atomic E-state index is 11.1. The smallest absolute Gasteiger partial charge is 0.350 e. The van der Waals surface area contributed by atoms with Crippen molar-refractivity contribution in [3.63, 3.8) is 0 Å². The fourth-order valence-electron chi connectivity index (χ4n) is 1.43. The quantitative estimate of drug-likeness (QED) is 0.330. The van der Waals surface area contributed by atoms with Gasteiger partial charge < -0.3 is 30.3 Å².